The van der Waals surface area contributed by atoms with E-state index >= 15 is 0 Å². The number of benzene rings is 1. The highest BCUT2D eigenvalue weighted by Crippen LogP contribution is 2.25. The highest BCUT2D eigenvalue weighted by Gasteiger charge is 2.22. The molecule has 0 saturated heterocycles. The quantitative estimate of drug-likeness (QED) is 0.547. The molecule has 0 saturated carbocycles. The third-order valence-electron chi connectivity index (χ3n) is 4.31. The first-order valence-corrected chi connectivity index (χ1v) is 8.94. The number of nitrogens with one attached hydrogen (secondary N) is 1. The molecule has 1 amide bonds. The molecule has 8 nitrogen and oxygen atoms in total. The lowest BCUT2D eigenvalue weighted by molar-refractivity contribution is 0.0946. The lowest BCUT2D eigenvalue weighted by Gasteiger charge is -2.09. The van der Waals surface area contributed by atoms with Gasteiger partial charge in [0.15, 0.2) is 5.69 Å². The van der Waals surface area contributed by atoms with Crippen LogP contribution in [-0.4, -0.2) is 38.0 Å². The normalized spacial score (nSPS) is 10.5. The second-order valence-electron chi connectivity index (χ2n) is 6.18. The summed E-state index contributed by atoms with van der Waals surface area (Å²) in [4.78, 5) is 21.1. The zero-order valence-electron chi connectivity index (χ0n) is 15.7. The van der Waals surface area contributed by atoms with Gasteiger partial charge in [-0.2, -0.15) is 0 Å². The molecule has 3 aromatic heterocycles. The van der Waals surface area contributed by atoms with Crippen LogP contribution in [0.2, 0.25) is 0 Å². The van der Waals surface area contributed by atoms with Gasteiger partial charge in [-0.25, -0.2) is 4.68 Å². The molecule has 4 aromatic rings. The van der Waals surface area contributed by atoms with Crippen LogP contribution in [0.1, 0.15) is 16.1 Å². The van der Waals surface area contributed by atoms with Gasteiger partial charge >= 0.3 is 0 Å². The summed E-state index contributed by atoms with van der Waals surface area (Å²) in [6, 6.07) is 14.7. The predicted octanol–water partition coefficient (Wildman–Crippen LogP) is 2.66. The monoisotopic (exact) mass is 386 g/mol. The minimum Gasteiger partial charge on any atom is -0.497 e. The fraction of sp³-hybridized carbons (Fsp3) is 0.0952. The number of amides is 1. The van der Waals surface area contributed by atoms with Crippen molar-refractivity contribution < 1.29 is 9.53 Å². The molecule has 0 fully saturated rings. The zero-order chi connectivity index (χ0) is 20.1. The number of pyridine rings is 2. The van der Waals surface area contributed by atoms with Crippen molar-refractivity contribution in [3.63, 3.8) is 0 Å². The number of carbonyl (C=O) groups is 1. The van der Waals surface area contributed by atoms with Gasteiger partial charge < -0.3 is 10.1 Å². The van der Waals surface area contributed by atoms with Gasteiger partial charge in [-0.3, -0.25) is 14.8 Å². The molecule has 0 aliphatic heterocycles. The van der Waals surface area contributed by atoms with Gasteiger partial charge in [-0.05, 0) is 48.0 Å². The number of nitrogens with zero attached hydrogens (tertiary/aromatic N) is 5. The molecule has 0 spiro atoms. The summed E-state index contributed by atoms with van der Waals surface area (Å²) in [5.74, 6) is 0.402. The Hall–Kier alpha value is -4.07. The third-order valence-corrected chi connectivity index (χ3v) is 4.31. The van der Waals surface area contributed by atoms with Crippen molar-refractivity contribution in [2.45, 2.75) is 6.54 Å². The Kier molecular flexibility index (Phi) is 5.24. The van der Waals surface area contributed by atoms with E-state index in [9.17, 15) is 4.79 Å². The van der Waals surface area contributed by atoms with E-state index in [0.29, 0.717) is 12.2 Å². The first-order chi connectivity index (χ1) is 14.3. The van der Waals surface area contributed by atoms with Crippen LogP contribution >= 0.6 is 0 Å². The van der Waals surface area contributed by atoms with Gasteiger partial charge in [0.05, 0.1) is 12.8 Å². The highest BCUT2D eigenvalue weighted by atomic mass is 16.5. The number of hydrogen-bond donors (Lipinski definition) is 1. The van der Waals surface area contributed by atoms with Crippen molar-refractivity contribution in [2.24, 2.45) is 0 Å². The molecule has 3 heterocycles. The van der Waals surface area contributed by atoms with Gasteiger partial charge in [-0.1, -0.05) is 11.3 Å². The van der Waals surface area contributed by atoms with E-state index in [1.54, 1.807) is 42.6 Å². The predicted molar refractivity (Wildman–Crippen MR) is 107 cm³/mol. The standard InChI is InChI=1S/C21H18N6O2/c1-29-18-8-6-17(7-9-18)27-20(16-5-3-11-23-14-16)19(25-26-27)21(28)24-13-15-4-2-10-22-12-15/h2-12,14H,13H2,1H3,(H,24,28). The lowest BCUT2D eigenvalue weighted by Crippen LogP contribution is -2.24. The van der Waals surface area contributed by atoms with E-state index in [1.807, 2.05) is 42.5 Å². The minimum atomic E-state index is -0.326. The van der Waals surface area contributed by atoms with Crippen molar-refractivity contribution in [3.8, 4) is 22.7 Å². The van der Waals surface area contributed by atoms with Crippen molar-refractivity contribution in [2.75, 3.05) is 7.11 Å². The summed E-state index contributed by atoms with van der Waals surface area (Å²) in [5, 5.41) is 11.2. The number of aromatic nitrogens is 5. The number of carbonyl (C=O) groups excluding carboxylic acids is 1. The van der Waals surface area contributed by atoms with Gasteiger partial charge in [-0.15, -0.1) is 5.10 Å². The summed E-state index contributed by atoms with van der Waals surface area (Å²) in [5.41, 5.74) is 3.17. The van der Waals surface area contributed by atoms with Gasteiger partial charge in [0, 0.05) is 36.9 Å². The van der Waals surface area contributed by atoms with E-state index in [0.717, 1.165) is 22.6 Å². The van der Waals surface area contributed by atoms with Crippen LogP contribution in [0, 0.1) is 0 Å². The van der Waals surface area contributed by atoms with E-state index in [2.05, 4.69) is 25.6 Å². The Morgan fingerprint density at radius 2 is 1.79 bits per heavy atom. The molecule has 0 bridgehead atoms. The van der Waals surface area contributed by atoms with Crippen molar-refractivity contribution >= 4 is 5.91 Å². The maximum absolute atomic E-state index is 12.9. The fourth-order valence-electron chi connectivity index (χ4n) is 2.87. The molecule has 0 unspecified atom stereocenters. The number of methoxy groups -OCH3 is 1. The Morgan fingerprint density at radius 1 is 1.03 bits per heavy atom. The van der Waals surface area contributed by atoms with Gasteiger partial charge in [0.2, 0.25) is 0 Å². The maximum Gasteiger partial charge on any atom is 0.274 e. The molecular formula is C21H18N6O2. The second-order valence-corrected chi connectivity index (χ2v) is 6.18. The Labute approximate surface area is 167 Å². The van der Waals surface area contributed by atoms with E-state index in [-0.39, 0.29) is 11.6 Å². The van der Waals surface area contributed by atoms with Crippen LogP contribution in [0.5, 0.6) is 5.75 Å². The van der Waals surface area contributed by atoms with Crippen LogP contribution in [-0.2, 0) is 6.54 Å². The lowest BCUT2D eigenvalue weighted by atomic mass is 10.1. The van der Waals surface area contributed by atoms with Gasteiger partial charge in [0.25, 0.3) is 5.91 Å². The summed E-state index contributed by atoms with van der Waals surface area (Å²) >= 11 is 0. The molecule has 29 heavy (non-hydrogen) atoms. The fourth-order valence-corrected chi connectivity index (χ4v) is 2.87. The molecule has 4 rings (SSSR count). The van der Waals surface area contributed by atoms with E-state index in [1.165, 1.54) is 0 Å². The van der Waals surface area contributed by atoms with Crippen LogP contribution < -0.4 is 10.1 Å². The minimum absolute atomic E-state index is 0.220. The number of ether oxygens (including phenoxy) is 1. The topological polar surface area (TPSA) is 94.8 Å². The molecule has 0 aliphatic carbocycles. The summed E-state index contributed by atoms with van der Waals surface area (Å²) in [7, 11) is 1.61. The summed E-state index contributed by atoms with van der Waals surface area (Å²) in [6.45, 7) is 0.342. The third kappa shape index (κ3) is 3.96. The van der Waals surface area contributed by atoms with Crippen molar-refractivity contribution in [1.82, 2.24) is 30.3 Å². The van der Waals surface area contributed by atoms with Crippen LogP contribution in [0.4, 0.5) is 0 Å². The molecule has 144 valence electrons. The molecular weight excluding hydrogens is 368 g/mol. The van der Waals surface area contributed by atoms with Crippen LogP contribution in [0.25, 0.3) is 16.9 Å². The average molecular weight is 386 g/mol. The molecule has 1 N–H and O–H groups in total. The SMILES string of the molecule is COc1ccc(-n2nnc(C(=O)NCc3cccnc3)c2-c2cccnc2)cc1. The largest absolute Gasteiger partial charge is 0.497 e. The first-order valence-electron chi connectivity index (χ1n) is 8.94. The number of rotatable bonds is 6. The molecule has 0 aliphatic rings. The molecule has 1 aromatic carbocycles. The van der Waals surface area contributed by atoms with Gasteiger partial charge in [0.1, 0.15) is 11.4 Å². The van der Waals surface area contributed by atoms with Crippen LogP contribution in [0.15, 0.2) is 73.3 Å². The second kappa shape index (κ2) is 8.30. The van der Waals surface area contributed by atoms with Crippen molar-refractivity contribution in [3.05, 3.63) is 84.6 Å². The highest BCUT2D eigenvalue weighted by molar-refractivity contribution is 5.98. The first kappa shape index (κ1) is 18.3. The Morgan fingerprint density at radius 3 is 2.45 bits per heavy atom. The average Bonchev–Trinajstić information content (AvgIpc) is 3.24. The van der Waals surface area contributed by atoms with Crippen LogP contribution in [0.3, 0.4) is 0 Å². The zero-order valence-corrected chi connectivity index (χ0v) is 15.7. The number of hydrogen-bond acceptors (Lipinski definition) is 6. The summed E-state index contributed by atoms with van der Waals surface area (Å²) < 4.78 is 6.83. The molecule has 0 radical (unpaired) electrons. The summed E-state index contributed by atoms with van der Waals surface area (Å²) in [6.07, 6.45) is 6.74. The Balaban J connectivity index is 1.70. The molecule has 0 atom stereocenters. The van der Waals surface area contributed by atoms with E-state index in [4.69, 9.17) is 4.74 Å². The van der Waals surface area contributed by atoms with E-state index < -0.39 is 0 Å². The smallest absolute Gasteiger partial charge is 0.274 e. The van der Waals surface area contributed by atoms with Crippen molar-refractivity contribution in [1.29, 1.82) is 0 Å². The molecule has 8 heteroatoms. The Bertz CT molecular complexity index is 1100. The maximum atomic E-state index is 12.9.